The number of carbonyl (C=O) groups excluding carboxylic acids is 1. The van der Waals surface area contributed by atoms with Gasteiger partial charge in [-0.2, -0.15) is 0 Å². The molecule has 4 heteroatoms. The molecule has 2 rings (SSSR count). The molecule has 1 amide bonds. The van der Waals surface area contributed by atoms with Crippen molar-refractivity contribution in [2.45, 2.75) is 31.7 Å². The number of rotatable bonds is 3. The first-order chi connectivity index (χ1) is 6.18. The van der Waals surface area contributed by atoms with E-state index in [2.05, 4.69) is 16.6 Å². The molecule has 0 bridgehead atoms. The van der Waals surface area contributed by atoms with Gasteiger partial charge in [0.2, 0.25) is 5.91 Å². The molecule has 1 N–H and O–H groups in total. The fraction of sp³-hybridized carbons (Fsp3) is 0.556. The van der Waals surface area contributed by atoms with E-state index in [1.54, 1.807) is 6.20 Å². The lowest BCUT2D eigenvalue weighted by Crippen LogP contribution is -2.35. The SMILES string of the molecule is CC1(NC(=O)Cc2cnsc2)CC1. The minimum Gasteiger partial charge on any atom is -0.351 e. The number of hydrogen-bond donors (Lipinski definition) is 1. The third kappa shape index (κ3) is 2.28. The second-order valence-corrected chi connectivity index (χ2v) is 4.48. The smallest absolute Gasteiger partial charge is 0.224 e. The summed E-state index contributed by atoms with van der Waals surface area (Å²) in [6, 6.07) is 0. The van der Waals surface area contributed by atoms with E-state index >= 15 is 0 Å². The Bertz CT molecular complexity index is 303. The van der Waals surface area contributed by atoms with E-state index in [4.69, 9.17) is 0 Å². The molecule has 1 heterocycles. The van der Waals surface area contributed by atoms with Crippen molar-refractivity contribution in [3.05, 3.63) is 17.1 Å². The fourth-order valence-corrected chi connectivity index (χ4v) is 1.73. The fourth-order valence-electron chi connectivity index (χ4n) is 1.19. The lowest BCUT2D eigenvalue weighted by molar-refractivity contribution is -0.121. The predicted octanol–water partition coefficient (Wildman–Crippen LogP) is 1.35. The molecular weight excluding hydrogens is 184 g/mol. The van der Waals surface area contributed by atoms with Gasteiger partial charge in [0.05, 0.1) is 6.42 Å². The highest BCUT2D eigenvalue weighted by atomic mass is 32.1. The van der Waals surface area contributed by atoms with E-state index in [1.807, 2.05) is 5.38 Å². The Labute approximate surface area is 81.3 Å². The molecule has 70 valence electrons. The summed E-state index contributed by atoms with van der Waals surface area (Å²) < 4.78 is 3.95. The number of nitrogens with zero attached hydrogens (tertiary/aromatic N) is 1. The van der Waals surface area contributed by atoms with Gasteiger partial charge in [-0.15, -0.1) is 0 Å². The minimum absolute atomic E-state index is 0.0978. The van der Waals surface area contributed by atoms with Gasteiger partial charge in [0.15, 0.2) is 0 Å². The molecule has 0 unspecified atom stereocenters. The van der Waals surface area contributed by atoms with Crippen LogP contribution in [-0.4, -0.2) is 15.8 Å². The molecule has 0 aliphatic heterocycles. The molecular formula is C9H12N2OS. The van der Waals surface area contributed by atoms with E-state index < -0.39 is 0 Å². The van der Waals surface area contributed by atoms with Crippen LogP contribution < -0.4 is 5.32 Å². The average Bonchev–Trinajstić information content (AvgIpc) is 2.61. The number of carbonyl (C=O) groups is 1. The molecule has 0 radical (unpaired) electrons. The summed E-state index contributed by atoms with van der Waals surface area (Å²) in [5, 5.41) is 4.92. The molecule has 0 saturated heterocycles. The van der Waals surface area contributed by atoms with E-state index in [0.717, 1.165) is 18.4 Å². The van der Waals surface area contributed by atoms with Crippen LogP contribution in [0.25, 0.3) is 0 Å². The highest BCUT2D eigenvalue weighted by Crippen LogP contribution is 2.34. The Balaban J connectivity index is 1.85. The first-order valence-electron chi connectivity index (χ1n) is 4.37. The van der Waals surface area contributed by atoms with E-state index in [0.29, 0.717) is 6.42 Å². The summed E-state index contributed by atoms with van der Waals surface area (Å²) >= 11 is 1.39. The summed E-state index contributed by atoms with van der Waals surface area (Å²) in [5.74, 6) is 0.111. The van der Waals surface area contributed by atoms with Crippen LogP contribution >= 0.6 is 11.5 Å². The summed E-state index contributed by atoms with van der Waals surface area (Å²) in [6.45, 7) is 2.08. The lowest BCUT2D eigenvalue weighted by Gasteiger charge is -2.10. The van der Waals surface area contributed by atoms with Crippen molar-refractivity contribution in [3.8, 4) is 0 Å². The molecule has 1 aromatic rings. The normalized spacial score (nSPS) is 18.2. The zero-order valence-electron chi connectivity index (χ0n) is 7.54. The maximum atomic E-state index is 11.4. The van der Waals surface area contributed by atoms with Crippen LogP contribution in [-0.2, 0) is 11.2 Å². The van der Waals surface area contributed by atoms with Crippen LogP contribution in [0.1, 0.15) is 25.3 Å². The minimum atomic E-state index is 0.0978. The number of nitrogens with one attached hydrogen (secondary N) is 1. The molecule has 13 heavy (non-hydrogen) atoms. The van der Waals surface area contributed by atoms with Crippen molar-refractivity contribution in [1.29, 1.82) is 0 Å². The molecule has 1 aliphatic carbocycles. The Kier molecular flexibility index (Phi) is 2.07. The number of amides is 1. The lowest BCUT2D eigenvalue weighted by atomic mass is 10.2. The summed E-state index contributed by atoms with van der Waals surface area (Å²) in [6.07, 6.45) is 4.44. The summed E-state index contributed by atoms with van der Waals surface area (Å²) in [7, 11) is 0. The molecule has 1 aliphatic rings. The van der Waals surface area contributed by atoms with Gasteiger partial charge in [-0.25, -0.2) is 4.37 Å². The van der Waals surface area contributed by atoms with Gasteiger partial charge in [0.1, 0.15) is 0 Å². The van der Waals surface area contributed by atoms with Gasteiger partial charge in [0.25, 0.3) is 0 Å². The van der Waals surface area contributed by atoms with Crippen LogP contribution in [0, 0.1) is 0 Å². The Morgan fingerprint density at radius 2 is 2.54 bits per heavy atom. The van der Waals surface area contributed by atoms with Crippen molar-refractivity contribution >= 4 is 17.4 Å². The topological polar surface area (TPSA) is 42.0 Å². The summed E-state index contributed by atoms with van der Waals surface area (Å²) in [4.78, 5) is 11.4. The first-order valence-corrected chi connectivity index (χ1v) is 5.21. The maximum Gasteiger partial charge on any atom is 0.224 e. The van der Waals surface area contributed by atoms with Crippen molar-refractivity contribution in [2.75, 3.05) is 0 Å². The van der Waals surface area contributed by atoms with Crippen molar-refractivity contribution in [1.82, 2.24) is 9.69 Å². The summed E-state index contributed by atoms with van der Waals surface area (Å²) in [5.41, 5.74) is 1.10. The van der Waals surface area contributed by atoms with Crippen LogP contribution in [0.5, 0.6) is 0 Å². The zero-order valence-corrected chi connectivity index (χ0v) is 8.36. The third-order valence-corrected chi connectivity index (χ3v) is 2.92. The second-order valence-electron chi connectivity index (χ2n) is 3.82. The highest BCUT2D eigenvalue weighted by molar-refractivity contribution is 7.03. The van der Waals surface area contributed by atoms with Gasteiger partial charge < -0.3 is 5.32 Å². The van der Waals surface area contributed by atoms with Crippen LogP contribution in [0.15, 0.2) is 11.6 Å². The van der Waals surface area contributed by atoms with E-state index in [-0.39, 0.29) is 11.4 Å². The maximum absolute atomic E-state index is 11.4. The molecule has 3 nitrogen and oxygen atoms in total. The zero-order chi connectivity index (χ0) is 9.31. The van der Waals surface area contributed by atoms with Crippen molar-refractivity contribution in [2.24, 2.45) is 0 Å². The van der Waals surface area contributed by atoms with Gasteiger partial charge in [0, 0.05) is 17.1 Å². The highest BCUT2D eigenvalue weighted by Gasteiger charge is 2.38. The van der Waals surface area contributed by atoms with Crippen molar-refractivity contribution in [3.63, 3.8) is 0 Å². The van der Waals surface area contributed by atoms with Crippen molar-refractivity contribution < 1.29 is 4.79 Å². The van der Waals surface area contributed by atoms with E-state index in [9.17, 15) is 4.79 Å². The Morgan fingerprint density at radius 1 is 1.77 bits per heavy atom. The second kappa shape index (κ2) is 3.10. The Hall–Kier alpha value is -0.900. The largest absolute Gasteiger partial charge is 0.351 e. The molecule has 0 atom stereocenters. The number of aromatic nitrogens is 1. The first kappa shape index (κ1) is 8.69. The molecule has 0 aromatic carbocycles. The van der Waals surface area contributed by atoms with Crippen LogP contribution in [0.3, 0.4) is 0 Å². The van der Waals surface area contributed by atoms with Crippen LogP contribution in [0.4, 0.5) is 0 Å². The van der Waals surface area contributed by atoms with Gasteiger partial charge in [-0.1, -0.05) is 0 Å². The standard InChI is InChI=1S/C9H12N2OS/c1-9(2-3-9)11-8(12)4-7-5-10-13-6-7/h5-6H,2-4H2,1H3,(H,11,12). The predicted molar refractivity (Wildman–Crippen MR) is 51.6 cm³/mol. The van der Waals surface area contributed by atoms with Gasteiger partial charge >= 0.3 is 0 Å². The molecule has 1 saturated carbocycles. The van der Waals surface area contributed by atoms with E-state index in [1.165, 1.54) is 11.5 Å². The van der Waals surface area contributed by atoms with Crippen LogP contribution in [0.2, 0.25) is 0 Å². The Morgan fingerprint density at radius 3 is 3.08 bits per heavy atom. The van der Waals surface area contributed by atoms with Gasteiger partial charge in [-0.3, -0.25) is 4.79 Å². The van der Waals surface area contributed by atoms with Gasteiger partial charge in [-0.05, 0) is 36.9 Å². The molecule has 1 aromatic heterocycles. The monoisotopic (exact) mass is 196 g/mol. The third-order valence-electron chi connectivity index (χ3n) is 2.29. The number of hydrogen-bond acceptors (Lipinski definition) is 3. The molecule has 1 fully saturated rings. The average molecular weight is 196 g/mol. The quantitative estimate of drug-likeness (QED) is 0.793. The molecule has 0 spiro atoms.